The average Bonchev–Trinajstić information content (AvgIpc) is 2.90. The summed E-state index contributed by atoms with van der Waals surface area (Å²) in [4.78, 5) is 6.14. The summed E-state index contributed by atoms with van der Waals surface area (Å²) in [5, 5.41) is 6.90. The fraction of sp³-hybridized carbons (Fsp3) is 0.417. The minimum Gasteiger partial charge on any atom is -0.347 e. The van der Waals surface area contributed by atoms with Crippen molar-refractivity contribution < 1.29 is 13.2 Å². The number of halogens is 3. The Hall–Kier alpha value is -2.16. The highest BCUT2D eigenvalue weighted by Gasteiger charge is 2.39. The summed E-state index contributed by atoms with van der Waals surface area (Å²) in [6, 6.07) is 3.63. The predicted molar refractivity (Wildman–Crippen MR) is 68.2 cm³/mol. The van der Waals surface area contributed by atoms with Gasteiger partial charge in [-0.25, -0.2) is 4.98 Å². The predicted octanol–water partition coefficient (Wildman–Crippen LogP) is 1.17. The Morgan fingerprint density at radius 2 is 2.05 bits per heavy atom. The SMILES string of the molecule is NCc1cccnc1N1CCn2c(nnc2C(F)(F)F)C1. The molecular weight excluding hydrogens is 285 g/mol. The third-order valence-electron chi connectivity index (χ3n) is 3.39. The molecule has 0 spiro atoms. The van der Waals surface area contributed by atoms with Crippen LogP contribution in [0.25, 0.3) is 0 Å². The van der Waals surface area contributed by atoms with Gasteiger partial charge >= 0.3 is 6.18 Å². The third-order valence-corrected chi connectivity index (χ3v) is 3.39. The van der Waals surface area contributed by atoms with Crippen LogP contribution in [0.4, 0.5) is 19.0 Å². The Labute approximate surface area is 118 Å². The summed E-state index contributed by atoms with van der Waals surface area (Å²) in [6.07, 6.45) is -2.85. The fourth-order valence-corrected chi connectivity index (χ4v) is 2.42. The summed E-state index contributed by atoms with van der Waals surface area (Å²) < 4.78 is 39.5. The average molecular weight is 298 g/mol. The number of anilines is 1. The number of hydrogen-bond donors (Lipinski definition) is 1. The zero-order valence-corrected chi connectivity index (χ0v) is 11.0. The van der Waals surface area contributed by atoms with E-state index in [-0.39, 0.29) is 18.9 Å². The summed E-state index contributed by atoms with van der Waals surface area (Å²) in [5.74, 6) is 0.0160. The highest BCUT2D eigenvalue weighted by atomic mass is 19.4. The van der Waals surface area contributed by atoms with E-state index >= 15 is 0 Å². The van der Waals surface area contributed by atoms with Crippen LogP contribution in [0.1, 0.15) is 17.2 Å². The van der Waals surface area contributed by atoms with Crippen molar-refractivity contribution in [1.29, 1.82) is 0 Å². The van der Waals surface area contributed by atoms with Crippen LogP contribution in [0.2, 0.25) is 0 Å². The van der Waals surface area contributed by atoms with Crippen molar-refractivity contribution in [1.82, 2.24) is 19.7 Å². The van der Waals surface area contributed by atoms with E-state index in [9.17, 15) is 13.2 Å². The second kappa shape index (κ2) is 4.99. The lowest BCUT2D eigenvalue weighted by atomic mass is 10.2. The van der Waals surface area contributed by atoms with E-state index in [4.69, 9.17) is 5.73 Å². The molecule has 1 aliphatic heterocycles. The summed E-state index contributed by atoms with van der Waals surface area (Å²) in [7, 11) is 0. The Bertz CT molecular complexity index is 651. The molecule has 1 aliphatic rings. The molecule has 9 heteroatoms. The molecular formula is C12H13F3N6. The van der Waals surface area contributed by atoms with Crippen LogP contribution in [-0.4, -0.2) is 26.3 Å². The molecule has 0 aromatic carbocycles. The zero-order chi connectivity index (χ0) is 15.0. The van der Waals surface area contributed by atoms with Gasteiger partial charge in [-0.2, -0.15) is 13.2 Å². The number of nitrogens with zero attached hydrogens (tertiary/aromatic N) is 5. The van der Waals surface area contributed by atoms with Gasteiger partial charge in [0.25, 0.3) is 0 Å². The molecule has 0 bridgehead atoms. The van der Waals surface area contributed by atoms with E-state index < -0.39 is 12.0 Å². The Morgan fingerprint density at radius 1 is 1.24 bits per heavy atom. The first-order valence-corrected chi connectivity index (χ1v) is 6.39. The van der Waals surface area contributed by atoms with Gasteiger partial charge in [0.2, 0.25) is 5.82 Å². The minimum absolute atomic E-state index is 0.164. The molecule has 6 nitrogen and oxygen atoms in total. The second-order valence-corrected chi connectivity index (χ2v) is 4.70. The number of fused-ring (bicyclic) bond motifs is 1. The molecule has 0 atom stereocenters. The number of aromatic nitrogens is 4. The molecule has 2 N–H and O–H groups in total. The molecule has 2 aromatic heterocycles. The summed E-state index contributed by atoms with van der Waals surface area (Å²) >= 11 is 0. The zero-order valence-electron chi connectivity index (χ0n) is 11.0. The maximum atomic E-state index is 12.8. The standard InChI is InChI=1S/C12H13F3N6/c13-12(14,15)11-19-18-9-7-20(4-5-21(9)11)10-8(6-16)2-1-3-17-10/h1-3H,4-7,16H2. The maximum absolute atomic E-state index is 12.8. The molecule has 2 aromatic rings. The van der Waals surface area contributed by atoms with Crippen molar-refractivity contribution in [2.24, 2.45) is 5.73 Å². The smallest absolute Gasteiger partial charge is 0.347 e. The Kier molecular flexibility index (Phi) is 3.28. The topological polar surface area (TPSA) is 72.9 Å². The van der Waals surface area contributed by atoms with Crippen LogP contribution in [0.5, 0.6) is 0 Å². The van der Waals surface area contributed by atoms with Crippen molar-refractivity contribution in [2.45, 2.75) is 25.8 Å². The van der Waals surface area contributed by atoms with Crippen LogP contribution < -0.4 is 10.6 Å². The van der Waals surface area contributed by atoms with Gasteiger partial charge < -0.3 is 15.2 Å². The lowest BCUT2D eigenvalue weighted by Crippen LogP contribution is -2.36. The molecule has 3 heterocycles. The normalized spacial score (nSPS) is 15.1. The van der Waals surface area contributed by atoms with Gasteiger partial charge in [0.1, 0.15) is 5.82 Å². The maximum Gasteiger partial charge on any atom is 0.451 e. The lowest BCUT2D eigenvalue weighted by Gasteiger charge is -2.30. The van der Waals surface area contributed by atoms with Crippen molar-refractivity contribution in [3.05, 3.63) is 35.5 Å². The molecule has 112 valence electrons. The van der Waals surface area contributed by atoms with Gasteiger partial charge in [0, 0.05) is 31.4 Å². The highest BCUT2D eigenvalue weighted by molar-refractivity contribution is 5.47. The van der Waals surface area contributed by atoms with Crippen molar-refractivity contribution in [3.63, 3.8) is 0 Å². The van der Waals surface area contributed by atoms with E-state index in [1.165, 1.54) is 0 Å². The number of hydrogen-bond acceptors (Lipinski definition) is 5. The number of alkyl halides is 3. The van der Waals surface area contributed by atoms with Crippen molar-refractivity contribution in [2.75, 3.05) is 11.4 Å². The van der Waals surface area contributed by atoms with Crippen molar-refractivity contribution >= 4 is 5.82 Å². The van der Waals surface area contributed by atoms with Gasteiger partial charge in [0.05, 0.1) is 6.54 Å². The van der Waals surface area contributed by atoms with Gasteiger partial charge in [0.15, 0.2) is 5.82 Å². The number of rotatable bonds is 2. The van der Waals surface area contributed by atoms with Crippen LogP contribution in [0.15, 0.2) is 18.3 Å². The van der Waals surface area contributed by atoms with Crippen LogP contribution in [0.3, 0.4) is 0 Å². The summed E-state index contributed by atoms with van der Waals surface area (Å²) in [5.41, 5.74) is 6.51. The third kappa shape index (κ3) is 2.44. The Morgan fingerprint density at radius 3 is 2.76 bits per heavy atom. The van der Waals surface area contributed by atoms with E-state index in [1.807, 2.05) is 11.0 Å². The first-order chi connectivity index (χ1) is 10.0. The quantitative estimate of drug-likeness (QED) is 0.901. The second-order valence-electron chi connectivity index (χ2n) is 4.70. The summed E-state index contributed by atoms with van der Waals surface area (Å²) in [6.45, 7) is 1.11. The molecule has 0 aliphatic carbocycles. The molecule has 0 unspecified atom stereocenters. The molecule has 0 amide bonds. The van der Waals surface area contributed by atoms with Crippen LogP contribution in [0, 0.1) is 0 Å². The largest absolute Gasteiger partial charge is 0.451 e. The first-order valence-electron chi connectivity index (χ1n) is 6.39. The van der Waals surface area contributed by atoms with E-state index in [2.05, 4.69) is 15.2 Å². The minimum atomic E-state index is -4.49. The molecule has 0 radical (unpaired) electrons. The monoisotopic (exact) mass is 298 g/mol. The molecule has 21 heavy (non-hydrogen) atoms. The van der Waals surface area contributed by atoms with Gasteiger partial charge in [-0.3, -0.25) is 0 Å². The number of pyridine rings is 1. The van der Waals surface area contributed by atoms with E-state index in [0.29, 0.717) is 18.9 Å². The fourth-order valence-electron chi connectivity index (χ4n) is 2.42. The van der Waals surface area contributed by atoms with Gasteiger partial charge in [-0.15, -0.1) is 10.2 Å². The lowest BCUT2D eigenvalue weighted by molar-refractivity contribution is -0.147. The Balaban J connectivity index is 1.90. The molecule has 0 fully saturated rings. The van der Waals surface area contributed by atoms with Crippen LogP contribution >= 0.6 is 0 Å². The molecule has 3 rings (SSSR count). The van der Waals surface area contributed by atoms with E-state index in [1.54, 1.807) is 12.3 Å². The van der Waals surface area contributed by atoms with Gasteiger partial charge in [-0.1, -0.05) is 6.07 Å². The number of nitrogens with two attached hydrogens (primary N) is 1. The molecule has 0 saturated carbocycles. The highest BCUT2D eigenvalue weighted by Crippen LogP contribution is 2.30. The van der Waals surface area contributed by atoms with E-state index in [0.717, 1.165) is 10.1 Å². The first kappa shape index (κ1) is 13.8. The van der Waals surface area contributed by atoms with Crippen molar-refractivity contribution in [3.8, 4) is 0 Å². The van der Waals surface area contributed by atoms with Gasteiger partial charge in [-0.05, 0) is 6.07 Å². The van der Waals surface area contributed by atoms with Crippen LogP contribution in [-0.2, 0) is 25.8 Å². The molecule has 0 saturated heterocycles.